The lowest BCUT2D eigenvalue weighted by Crippen LogP contribution is -2.24. The average Bonchev–Trinajstić information content (AvgIpc) is 2.33. The van der Waals surface area contributed by atoms with Gasteiger partial charge in [0, 0.05) is 11.8 Å². The maximum atomic E-state index is 11.2. The molecule has 1 aliphatic carbocycles. The summed E-state index contributed by atoms with van der Waals surface area (Å²) in [6, 6.07) is 9.75. The smallest absolute Gasteiger partial charge is 0.155 e. The van der Waals surface area contributed by atoms with Gasteiger partial charge in [0.25, 0.3) is 0 Å². The van der Waals surface area contributed by atoms with Crippen molar-refractivity contribution in [3.8, 4) is 6.07 Å². The fourth-order valence-electron chi connectivity index (χ4n) is 2.01. The monoisotopic (exact) mass is 211 g/mol. The Morgan fingerprint density at radius 3 is 2.88 bits per heavy atom. The molecule has 0 amide bonds. The van der Waals surface area contributed by atoms with Gasteiger partial charge in [0.2, 0.25) is 0 Å². The van der Waals surface area contributed by atoms with E-state index in [4.69, 9.17) is 5.26 Å². The zero-order valence-electron chi connectivity index (χ0n) is 9.23. The minimum Gasteiger partial charge on any atom is -0.295 e. The number of benzene rings is 1. The van der Waals surface area contributed by atoms with Gasteiger partial charge in [-0.15, -0.1) is 0 Å². The Morgan fingerprint density at radius 2 is 2.25 bits per heavy atom. The van der Waals surface area contributed by atoms with Crippen molar-refractivity contribution in [2.75, 3.05) is 0 Å². The standard InChI is InChI=1S/C14H13NO/c1-14(7-5-13(16)6-8-14)12-4-2-3-11(9-12)10-15/h2-5,7,9H,6,8H2,1H3. The van der Waals surface area contributed by atoms with Crippen molar-refractivity contribution >= 4 is 5.78 Å². The summed E-state index contributed by atoms with van der Waals surface area (Å²) in [6.45, 7) is 2.10. The van der Waals surface area contributed by atoms with Crippen LogP contribution in [0, 0.1) is 11.3 Å². The molecule has 0 spiro atoms. The van der Waals surface area contributed by atoms with Crippen molar-refractivity contribution in [1.82, 2.24) is 0 Å². The maximum absolute atomic E-state index is 11.2. The third-order valence-electron chi connectivity index (χ3n) is 3.18. The van der Waals surface area contributed by atoms with E-state index in [9.17, 15) is 4.79 Å². The van der Waals surface area contributed by atoms with Gasteiger partial charge >= 0.3 is 0 Å². The van der Waals surface area contributed by atoms with Crippen molar-refractivity contribution < 1.29 is 4.79 Å². The van der Waals surface area contributed by atoms with Crippen LogP contribution in [0.25, 0.3) is 0 Å². The van der Waals surface area contributed by atoms with Crippen LogP contribution in [0.15, 0.2) is 36.4 Å². The van der Waals surface area contributed by atoms with Gasteiger partial charge in [0.1, 0.15) is 0 Å². The molecule has 16 heavy (non-hydrogen) atoms. The summed E-state index contributed by atoms with van der Waals surface area (Å²) < 4.78 is 0. The minimum absolute atomic E-state index is 0.110. The zero-order valence-corrected chi connectivity index (χ0v) is 9.23. The third kappa shape index (κ3) is 1.90. The topological polar surface area (TPSA) is 40.9 Å². The summed E-state index contributed by atoms with van der Waals surface area (Å²) in [7, 11) is 0. The summed E-state index contributed by atoms with van der Waals surface area (Å²) in [5, 5.41) is 8.86. The molecule has 0 aromatic heterocycles. The van der Waals surface area contributed by atoms with E-state index in [1.807, 2.05) is 24.3 Å². The fourth-order valence-corrected chi connectivity index (χ4v) is 2.01. The van der Waals surface area contributed by atoms with Gasteiger partial charge in [-0.1, -0.05) is 25.1 Å². The number of hydrogen-bond acceptors (Lipinski definition) is 2. The van der Waals surface area contributed by atoms with E-state index in [2.05, 4.69) is 13.0 Å². The normalized spacial score (nSPS) is 24.1. The molecule has 0 aliphatic heterocycles. The van der Waals surface area contributed by atoms with Crippen molar-refractivity contribution in [3.63, 3.8) is 0 Å². The molecular formula is C14H13NO. The molecule has 0 saturated carbocycles. The van der Waals surface area contributed by atoms with Gasteiger partial charge in [-0.05, 0) is 30.2 Å². The lowest BCUT2D eigenvalue weighted by Gasteiger charge is -2.29. The van der Waals surface area contributed by atoms with Crippen LogP contribution in [0.2, 0.25) is 0 Å². The van der Waals surface area contributed by atoms with Gasteiger partial charge in [-0.25, -0.2) is 0 Å². The Kier molecular flexibility index (Phi) is 2.62. The molecule has 1 unspecified atom stereocenters. The summed E-state index contributed by atoms with van der Waals surface area (Å²) in [5.41, 5.74) is 1.67. The molecule has 1 aromatic rings. The number of rotatable bonds is 1. The van der Waals surface area contributed by atoms with E-state index in [1.165, 1.54) is 0 Å². The molecule has 0 N–H and O–H groups in total. The lowest BCUT2D eigenvalue weighted by molar-refractivity contribution is -0.115. The molecule has 0 radical (unpaired) electrons. The van der Waals surface area contributed by atoms with Crippen molar-refractivity contribution in [2.45, 2.75) is 25.2 Å². The molecule has 1 atom stereocenters. The summed E-state index contributed by atoms with van der Waals surface area (Å²) in [6.07, 6.45) is 5.01. The number of carbonyl (C=O) groups is 1. The van der Waals surface area contributed by atoms with Crippen molar-refractivity contribution in [2.24, 2.45) is 0 Å². The Bertz CT molecular complexity index is 496. The van der Waals surface area contributed by atoms with E-state index < -0.39 is 0 Å². The number of nitrogens with zero attached hydrogens (tertiary/aromatic N) is 1. The highest BCUT2D eigenvalue weighted by molar-refractivity contribution is 5.91. The largest absolute Gasteiger partial charge is 0.295 e. The van der Waals surface area contributed by atoms with Crippen LogP contribution in [-0.4, -0.2) is 5.78 Å². The number of carbonyl (C=O) groups excluding carboxylic acids is 1. The molecule has 0 bridgehead atoms. The van der Waals surface area contributed by atoms with Crippen LogP contribution in [0.4, 0.5) is 0 Å². The Hall–Kier alpha value is -1.88. The van der Waals surface area contributed by atoms with Gasteiger partial charge in [0.05, 0.1) is 11.6 Å². The van der Waals surface area contributed by atoms with E-state index in [0.717, 1.165) is 12.0 Å². The van der Waals surface area contributed by atoms with Gasteiger partial charge in [0.15, 0.2) is 5.78 Å². The molecule has 0 heterocycles. The van der Waals surface area contributed by atoms with Gasteiger partial charge in [-0.3, -0.25) is 4.79 Å². The van der Waals surface area contributed by atoms with E-state index >= 15 is 0 Å². The summed E-state index contributed by atoms with van der Waals surface area (Å²) in [5.74, 6) is 0.189. The summed E-state index contributed by atoms with van der Waals surface area (Å²) >= 11 is 0. The Labute approximate surface area is 95.2 Å². The van der Waals surface area contributed by atoms with Crippen LogP contribution < -0.4 is 0 Å². The van der Waals surface area contributed by atoms with Crippen LogP contribution >= 0.6 is 0 Å². The first-order chi connectivity index (χ1) is 7.64. The fraction of sp³-hybridized carbons (Fsp3) is 0.286. The average molecular weight is 211 g/mol. The predicted octanol–water partition coefficient (Wildman–Crippen LogP) is 2.74. The van der Waals surface area contributed by atoms with E-state index in [-0.39, 0.29) is 11.2 Å². The zero-order chi connectivity index (χ0) is 11.6. The molecule has 1 aromatic carbocycles. The lowest BCUT2D eigenvalue weighted by atomic mass is 9.75. The highest BCUT2D eigenvalue weighted by atomic mass is 16.1. The number of nitriles is 1. The molecule has 2 heteroatoms. The number of hydrogen-bond donors (Lipinski definition) is 0. The molecule has 1 aliphatic rings. The second kappa shape index (κ2) is 3.94. The molecule has 80 valence electrons. The second-order valence-corrected chi connectivity index (χ2v) is 4.41. The van der Waals surface area contributed by atoms with Crippen LogP contribution in [0.3, 0.4) is 0 Å². The summed E-state index contributed by atoms with van der Waals surface area (Å²) in [4.78, 5) is 11.2. The first kappa shape index (κ1) is 10.6. The van der Waals surface area contributed by atoms with Crippen LogP contribution in [0.1, 0.15) is 30.9 Å². The molecular weight excluding hydrogens is 198 g/mol. The van der Waals surface area contributed by atoms with Gasteiger partial charge < -0.3 is 0 Å². The molecule has 2 nitrogen and oxygen atoms in total. The first-order valence-corrected chi connectivity index (χ1v) is 5.37. The van der Waals surface area contributed by atoms with Crippen LogP contribution in [-0.2, 0) is 10.2 Å². The van der Waals surface area contributed by atoms with E-state index in [1.54, 1.807) is 12.1 Å². The second-order valence-electron chi connectivity index (χ2n) is 4.41. The highest BCUT2D eigenvalue weighted by Crippen LogP contribution is 2.33. The predicted molar refractivity (Wildman–Crippen MR) is 61.9 cm³/mol. The van der Waals surface area contributed by atoms with E-state index in [0.29, 0.717) is 12.0 Å². The highest BCUT2D eigenvalue weighted by Gasteiger charge is 2.27. The molecule has 0 fully saturated rings. The SMILES string of the molecule is CC1(c2cccc(C#N)c2)C=CC(=O)CC1. The van der Waals surface area contributed by atoms with Gasteiger partial charge in [-0.2, -0.15) is 5.26 Å². The first-order valence-electron chi connectivity index (χ1n) is 5.37. The van der Waals surface area contributed by atoms with Crippen molar-refractivity contribution in [3.05, 3.63) is 47.5 Å². The molecule has 0 saturated heterocycles. The van der Waals surface area contributed by atoms with Crippen molar-refractivity contribution in [1.29, 1.82) is 5.26 Å². The number of ketones is 1. The quantitative estimate of drug-likeness (QED) is 0.716. The third-order valence-corrected chi connectivity index (χ3v) is 3.18. The number of allylic oxidation sites excluding steroid dienone is 2. The Morgan fingerprint density at radius 1 is 1.44 bits per heavy atom. The van der Waals surface area contributed by atoms with Crippen LogP contribution in [0.5, 0.6) is 0 Å². The Balaban J connectivity index is 2.40. The maximum Gasteiger partial charge on any atom is 0.155 e. The minimum atomic E-state index is -0.110. The molecule has 2 rings (SSSR count).